The summed E-state index contributed by atoms with van der Waals surface area (Å²) in [5.74, 6) is 2.34. The maximum atomic E-state index is 12.9. The van der Waals surface area contributed by atoms with Gasteiger partial charge in [0.2, 0.25) is 0 Å². The van der Waals surface area contributed by atoms with E-state index in [-0.39, 0.29) is 30.3 Å². The second kappa shape index (κ2) is 6.49. The van der Waals surface area contributed by atoms with Gasteiger partial charge in [0.1, 0.15) is 0 Å². The van der Waals surface area contributed by atoms with Crippen LogP contribution in [-0.4, -0.2) is 25.3 Å². The van der Waals surface area contributed by atoms with Crippen LogP contribution in [0.4, 0.5) is 0 Å². The Kier molecular flexibility index (Phi) is 4.38. The monoisotopic (exact) mass is 358 g/mol. The number of ether oxygens (including phenoxy) is 1. The molecule has 0 atom stereocenters. The van der Waals surface area contributed by atoms with Crippen LogP contribution in [0, 0.1) is 12.3 Å². The van der Waals surface area contributed by atoms with Crippen molar-refractivity contribution in [2.24, 2.45) is 14.1 Å². The molecule has 0 aliphatic rings. The summed E-state index contributed by atoms with van der Waals surface area (Å²) in [6.07, 6.45) is 5.18. The molecule has 0 spiro atoms. The van der Waals surface area contributed by atoms with E-state index in [0.29, 0.717) is 10.6 Å². The number of halogens is 1. The fraction of sp³-hybridized carbons (Fsp3) is 0.235. The van der Waals surface area contributed by atoms with Crippen LogP contribution in [0.25, 0.3) is 11.2 Å². The summed E-state index contributed by atoms with van der Waals surface area (Å²) in [4.78, 5) is 29.7. The second-order valence-electron chi connectivity index (χ2n) is 5.44. The van der Waals surface area contributed by atoms with Gasteiger partial charge in [0.15, 0.2) is 17.8 Å². The molecule has 2 heterocycles. The fourth-order valence-corrected chi connectivity index (χ4v) is 2.79. The lowest BCUT2D eigenvalue weighted by atomic mass is 10.2. The molecular formula is C17H15ClN4O3. The molecule has 2 aromatic heterocycles. The second-order valence-corrected chi connectivity index (χ2v) is 5.85. The summed E-state index contributed by atoms with van der Waals surface area (Å²) in [5, 5.41) is 0.486. The zero-order valence-electron chi connectivity index (χ0n) is 13.7. The summed E-state index contributed by atoms with van der Waals surface area (Å²) in [6.45, 7) is 0.0752. The first-order chi connectivity index (χ1) is 12.0. The summed E-state index contributed by atoms with van der Waals surface area (Å²) in [5.41, 5.74) is 0.206. The van der Waals surface area contributed by atoms with Gasteiger partial charge in [-0.1, -0.05) is 35.7 Å². The van der Waals surface area contributed by atoms with E-state index in [1.807, 2.05) is 0 Å². The Morgan fingerprint density at radius 3 is 2.64 bits per heavy atom. The van der Waals surface area contributed by atoms with Crippen LogP contribution in [0.5, 0.6) is 6.01 Å². The molecule has 0 amide bonds. The van der Waals surface area contributed by atoms with E-state index in [1.54, 1.807) is 38.4 Å². The highest BCUT2D eigenvalue weighted by Gasteiger charge is 2.19. The zero-order chi connectivity index (χ0) is 18.1. The van der Waals surface area contributed by atoms with Crippen molar-refractivity contribution >= 4 is 22.8 Å². The van der Waals surface area contributed by atoms with Gasteiger partial charge in [-0.15, -0.1) is 6.42 Å². The maximum absolute atomic E-state index is 12.9. The number of nitrogens with zero attached hydrogens (tertiary/aromatic N) is 4. The number of benzene rings is 1. The molecule has 3 aromatic rings. The van der Waals surface area contributed by atoms with Crippen molar-refractivity contribution in [3.63, 3.8) is 0 Å². The number of aryl methyl sites for hydroxylation is 2. The van der Waals surface area contributed by atoms with Gasteiger partial charge in [0.25, 0.3) is 11.6 Å². The lowest BCUT2D eigenvalue weighted by molar-refractivity contribution is 0.330. The van der Waals surface area contributed by atoms with Crippen LogP contribution in [0.15, 0.2) is 33.9 Å². The molecular weight excluding hydrogens is 344 g/mol. The summed E-state index contributed by atoms with van der Waals surface area (Å²) >= 11 is 6.15. The summed E-state index contributed by atoms with van der Waals surface area (Å²) in [7, 11) is 3.18. The number of aromatic nitrogens is 4. The summed E-state index contributed by atoms with van der Waals surface area (Å²) in [6, 6.07) is 7.23. The predicted octanol–water partition coefficient (Wildman–Crippen LogP) is 1.15. The van der Waals surface area contributed by atoms with Gasteiger partial charge in [0.05, 0.1) is 6.54 Å². The Bertz CT molecular complexity index is 1120. The Morgan fingerprint density at radius 1 is 1.24 bits per heavy atom. The van der Waals surface area contributed by atoms with Crippen LogP contribution < -0.4 is 16.0 Å². The zero-order valence-corrected chi connectivity index (χ0v) is 14.4. The lowest BCUT2D eigenvalue weighted by Gasteiger charge is -2.09. The molecule has 0 saturated carbocycles. The number of fused-ring (bicyclic) bond motifs is 1. The van der Waals surface area contributed by atoms with Crippen LogP contribution in [0.3, 0.4) is 0 Å². The van der Waals surface area contributed by atoms with Crippen molar-refractivity contribution in [2.75, 3.05) is 6.61 Å². The van der Waals surface area contributed by atoms with Crippen LogP contribution in [-0.2, 0) is 20.6 Å². The molecule has 0 saturated heterocycles. The van der Waals surface area contributed by atoms with Gasteiger partial charge in [-0.2, -0.15) is 4.98 Å². The first kappa shape index (κ1) is 16.9. The molecule has 128 valence electrons. The highest BCUT2D eigenvalue weighted by atomic mass is 35.5. The van der Waals surface area contributed by atoms with Crippen molar-refractivity contribution in [3.8, 4) is 18.4 Å². The van der Waals surface area contributed by atoms with E-state index < -0.39 is 11.2 Å². The minimum atomic E-state index is -0.487. The molecule has 0 radical (unpaired) electrons. The molecule has 1 aromatic carbocycles. The molecule has 0 N–H and O–H groups in total. The minimum Gasteiger partial charge on any atom is -0.451 e. The molecule has 8 heteroatoms. The van der Waals surface area contributed by atoms with Crippen LogP contribution >= 0.6 is 11.6 Å². The molecule has 25 heavy (non-hydrogen) atoms. The van der Waals surface area contributed by atoms with E-state index >= 15 is 0 Å². The van der Waals surface area contributed by atoms with Crippen LogP contribution in [0.1, 0.15) is 5.56 Å². The van der Waals surface area contributed by atoms with Gasteiger partial charge in [-0.25, -0.2) is 4.79 Å². The predicted molar refractivity (Wildman–Crippen MR) is 95.1 cm³/mol. The van der Waals surface area contributed by atoms with Gasteiger partial charge in [-0.05, 0) is 11.6 Å². The highest BCUT2D eigenvalue weighted by Crippen LogP contribution is 2.17. The number of rotatable bonds is 4. The molecule has 0 aliphatic heterocycles. The quantitative estimate of drug-likeness (QED) is 0.656. The number of terminal acetylenes is 1. The third-order valence-electron chi connectivity index (χ3n) is 3.89. The smallest absolute Gasteiger partial charge is 0.332 e. The SMILES string of the molecule is C#CCOc1nc2c(c(=O)n(Cc3ccccc3Cl)c(=O)n2C)n1C. The normalized spacial score (nSPS) is 10.8. The topological polar surface area (TPSA) is 71.1 Å². The summed E-state index contributed by atoms with van der Waals surface area (Å²) < 4.78 is 9.24. The van der Waals surface area contributed by atoms with E-state index in [0.717, 1.165) is 4.57 Å². The van der Waals surface area contributed by atoms with Gasteiger partial charge < -0.3 is 4.74 Å². The lowest BCUT2D eigenvalue weighted by Crippen LogP contribution is -2.39. The third kappa shape index (κ3) is 2.81. The first-order valence-corrected chi connectivity index (χ1v) is 7.79. The van der Waals surface area contributed by atoms with Crippen molar-refractivity contribution in [1.29, 1.82) is 0 Å². The maximum Gasteiger partial charge on any atom is 0.332 e. The minimum absolute atomic E-state index is 0.0128. The Hall–Kier alpha value is -2.98. The molecule has 0 unspecified atom stereocenters. The van der Waals surface area contributed by atoms with Crippen molar-refractivity contribution in [1.82, 2.24) is 18.7 Å². The molecule has 0 fully saturated rings. The van der Waals surface area contributed by atoms with E-state index in [1.165, 1.54) is 9.13 Å². The molecule has 3 rings (SSSR count). The highest BCUT2D eigenvalue weighted by molar-refractivity contribution is 6.31. The van der Waals surface area contributed by atoms with Crippen molar-refractivity contribution in [3.05, 3.63) is 55.7 Å². The number of imidazole rings is 1. The van der Waals surface area contributed by atoms with Crippen LogP contribution in [0.2, 0.25) is 5.02 Å². The largest absolute Gasteiger partial charge is 0.451 e. The van der Waals surface area contributed by atoms with Gasteiger partial charge in [-0.3, -0.25) is 18.5 Å². The van der Waals surface area contributed by atoms with E-state index in [9.17, 15) is 9.59 Å². The molecule has 7 nitrogen and oxygen atoms in total. The van der Waals surface area contributed by atoms with E-state index in [4.69, 9.17) is 22.8 Å². The Morgan fingerprint density at radius 2 is 1.96 bits per heavy atom. The first-order valence-electron chi connectivity index (χ1n) is 7.41. The van der Waals surface area contributed by atoms with E-state index in [2.05, 4.69) is 10.9 Å². The number of hydrogen-bond acceptors (Lipinski definition) is 4. The van der Waals surface area contributed by atoms with Crippen molar-refractivity contribution in [2.45, 2.75) is 6.54 Å². The third-order valence-corrected chi connectivity index (χ3v) is 4.26. The average molecular weight is 359 g/mol. The number of hydrogen-bond donors (Lipinski definition) is 0. The fourth-order valence-electron chi connectivity index (χ4n) is 2.60. The van der Waals surface area contributed by atoms with Gasteiger partial charge in [0, 0.05) is 19.1 Å². The Balaban J connectivity index is 2.23. The Labute approximate surface area is 148 Å². The molecule has 0 aliphatic carbocycles. The average Bonchev–Trinajstić information content (AvgIpc) is 2.93. The van der Waals surface area contributed by atoms with Crippen molar-refractivity contribution < 1.29 is 4.74 Å². The standard InChI is InChI=1S/C17H15ClN4O3/c1-4-9-25-16-19-14-13(20(16)2)15(23)22(17(24)21(14)3)10-11-7-5-6-8-12(11)18/h1,5-8H,9-10H2,2-3H3. The molecule has 0 bridgehead atoms. The van der Waals surface area contributed by atoms with Gasteiger partial charge >= 0.3 is 5.69 Å².